The molecule has 0 aliphatic carbocycles. The van der Waals surface area contributed by atoms with Crippen molar-refractivity contribution in [1.82, 2.24) is 10.2 Å². The highest BCUT2D eigenvalue weighted by molar-refractivity contribution is 5.91. The Balaban J connectivity index is 1.65. The molecule has 0 saturated carbocycles. The molecule has 1 spiro atoms. The predicted molar refractivity (Wildman–Crippen MR) is 82.9 cm³/mol. The van der Waals surface area contributed by atoms with E-state index < -0.39 is 0 Å². The van der Waals surface area contributed by atoms with Crippen LogP contribution in [0.3, 0.4) is 0 Å². The van der Waals surface area contributed by atoms with Gasteiger partial charge in [0.2, 0.25) is 5.91 Å². The summed E-state index contributed by atoms with van der Waals surface area (Å²) in [6, 6.07) is 7.27. The summed E-state index contributed by atoms with van der Waals surface area (Å²) < 4.78 is 5.52. The molecule has 3 amide bonds. The van der Waals surface area contributed by atoms with Gasteiger partial charge in [-0.05, 0) is 25.5 Å². The van der Waals surface area contributed by atoms with E-state index in [2.05, 4.69) is 10.6 Å². The van der Waals surface area contributed by atoms with Crippen molar-refractivity contribution in [3.8, 4) is 5.75 Å². The Morgan fingerprint density at radius 1 is 1.45 bits per heavy atom. The Morgan fingerprint density at radius 3 is 3.00 bits per heavy atom. The number of hydrogen-bond acceptors (Lipinski definition) is 3. The second-order valence-electron chi connectivity index (χ2n) is 5.98. The highest BCUT2D eigenvalue weighted by atomic mass is 16.5. The van der Waals surface area contributed by atoms with Crippen LogP contribution in [0.5, 0.6) is 5.75 Å². The third-order valence-electron chi connectivity index (χ3n) is 4.35. The minimum absolute atomic E-state index is 0.0755. The maximum absolute atomic E-state index is 12.4. The molecule has 22 heavy (non-hydrogen) atoms. The third-order valence-corrected chi connectivity index (χ3v) is 4.35. The van der Waals surface area contributed by atoms with Gasteiger partial charge in [-0.15, -0.1) is 0 Å². The monoisotopic (exact) mass is 303 g/mol. The fraction of sp³-hybridized carbons (Fsp3) is 0.500. The Hall–Kier alpha value is -2.24. The standard InChI is InChI=1S/C16H21N3O3/c1-2-22-13-6-4-3-5-12(13)18-15(21)19-8-7-16(11-19)9-14(20)17-10-16/h3-6H,2,7-11H2,1H3,(H,17,20)(H,18,21). The van der Waals surface area contributed by atoms with Crippen molar-refractivity contribution in [2.45, 2.75) is 19.8 Å². The number of urea groups is 1. The van der Waals surface area contributed by atoms with Crippen LogP contribution in [0.4, 0.5) is 10.5 Å². The SMILES string of the molecule is CCOc1ccccc1NC(=O)N1CCC2(CNC(=O)C2)C1. The van der Waals surface area contributed by atoms with E-state index in [0.29, 0.717) is 44.1 Å². The zero-order chi connectivity index (χ0) is 15.6. The number of para-hydroxylation sites is 2. The second-order valence-corrected chi connectivity index (χ2v) is 5.98. The normalized spacial score (nSPS) is 23.7. The van der Waals surface area contributed by atoms with Gasteiger partial charge in [0.25, 0.3) is 0 Å². The Morgan fingerprint density at radius 2 is 2.27 bits per heavy atom. The van der Waals surface area contributed by atoms with Crippen LogP contribution in [0.2, 0.25) is 0 Å². The number of amides is 3. The molecule has 2 saturated heterocycles. The summed E-state index contributed by atoms with van der Waals surface area (Å²) in [6.45, 7) is 4.43. The molecule has 1 aromatic rings. The summed E-state index contributed by atoms with van der Waals surface area (Å²) >= 11 is 0. The topological polar surface area (TPSA) is 70.7 Å². The van der Waals surface area contributed by atoms with Crippen LogP contribution in [0.15, 0.2) is 24.3 Å². The smallest absolute Gasteiger partial charge is 0.321 e. The van der Waals surface area contributed by atoms with Gasteiger partial charge < -0.3 is 20.3 Å². The van der Waals surface area contributed by atoms with Crippen molar-refractivity contribution < 1.29 is 14.3 Å². The number of ether oxygens (including phenoxy) is 1. The van der Waals surface area contributed by atoms with Crippen molar-refractivity contribution in [2.75, 3.05) is 31.6 Å². The zero-order valence-corrected chi connectivity index (χ0v) is 12.7. The Labute approximate surface area is 129 Å². The molecule has 2 N–H and O–H groups in total. The lowest BCUT2D eigenvalue weighted by Crippen LogP contribution is -2.36. The van der Waals surface area contributed by atoms with Gasteiger partial charge >= 0.3 is 6.03 Å². The summed E-state index contributed by atoms with van der Waals surface area (Å²) in [5.74, 6) is 0.758. The first kappa shape index (κ1) is 14.7. The first-order valence-electron chi connectivity index (χ1n) is 7.66. The molecule has 0 aromatic heterocycles. The van der Waals surface area contributed by atoms with Crippen LogP contribution in [-0.2, 0) is 4.79 Å². The zero-order valence-electron chi connectivity index (χ0n) is 12.7. The van der Waals surface area contributed by atoms with E-state index in [1.54, 1.807) is 4.90 Å². The second kappa shape index (κ2) is 5.87. The lowest BCUT2D eigenvalue weighted by atomic mass is 9.86. The average Bonchev–Trinajstić information content (AvgIpc) is 3.08. The Bertz CT molecular complexity index is 590. The van der Waals surface area contributed by atoms with E-state index in [1.807, 2.05) is 31.2 Å². The van der Waals surface area contributed by atoms with Crippen LogP contribution in [0, 0.1) is 5.41 Å². The van der Waals surface area contributed by atoms with Gasteiger partial charge in [0.05, 0.1) is 12.3 Å². The molecular weight excluding hydrogens is 282 g/mol. The van der Waals surface area contributed by atoms with Crippen LogP contribution >= 0.6 is 0 Å². The molecule has 1 atom stereocenters. The quantitative estimate of drug-likeness (QED) is 0.895. The molecule has 1 aromatic carbocycles. The summed E-state index contributed by atoms with van der Waals surface area (Å²) in [7, 11) is 0. The third kappa shape index (κ3) is 2.86. The fourth-order valence-electron chi connectivity index (χ4n) is 3.19. The summed E-state index contributed by atoms with van der Waals surface area (Å²) in [4.78, 5) is 25.7. The van der Waals surface area contributed by atoms with Gasteiger partial charge in [-0.3, -0.25) is 4.79 Å². The van der Waals surface area contributed by atoms with Gasteiger partial charge in [0.1, 0.15) is 5.75 Å². The highest BCUT2D eigenvalue weighted by Crippen LogP contribution is 2.37. The number of likely N-dealkylation sites (tertiary alicyclic amines) is 1. The van der Waals surface area contributed by atoms with E-state index in [9.17, 15) is 9.59 Å². The molecule has 1 unspecified atom stereocenters. The van der Waals surface area contributed by atoms with Crippen molar-refractivity contribution in [3.05, 3.63) is 24.3 Å². The van der Waals surface area contributed by atoms with Gasteiger partial charge in [-0.2, -0.15) is 0 Å². The predicted octanol–water partition coefficient (Wildman–Crippen LogP) is 1.83. The lowest BCUT2D eigenvalue weighted by Gasteiger charge is -2.22. The molecule has 0 radical (unpaired) electrons. The number of nitrogens with zero attached hydrogens (tertiary/aromatic N) is 1. The van der Waals surface area contributed by atoms with Crippen LogP contribution in [0.25, 0.3) is 0 Å². The van der Waals surface area contributed by atoms with Crippen molar-refractivity contribution in [3.63, 3.8) is 0 Å². The van der Waals surface area contributed by atoms with Gasteiger partial charge in [-0.25, -0.2) is 4.79 Å². The Kier molecular flexibility index (Phi) is 3.92. The van der Waals surface area contributed by atoms with E-state index in [-0.39, 0.29) is 17.4 Å². The number of nitrogens with one attached hydrogen (secondary N) is 2. The molecule has 2 aliphatic rings. The molecule has 6 nitrogen and oxygen atoms in total. The van der Waals surface area contributed by atoms with Crippen LogP contribution in [-0.4, -0.2) is 43.1 Å². The minimum Gasteiger partial charge on any atom is -0.492 e. The molecule has 2 heterocycles. The highest BCUT2D eigenvalue weighted by Gasteiger charge is 2.45. The number of hydrogen-bond donors (Lipinski definition) is 2. The van der Waals surface area contributed by atoms with E-state index in [1.165, 1.54) is 0 Å². The molecule has 6 heteroatoms. The van der Waals surface area contributed by atoms with E-state index >= 15 is 0 Å². The molecule has 3 rings (SSSR count). The number of benzene rings is 1. The van der Waals surface area contributed by atoms with E-state index in [0.717, 1.165) is 6.42 Å². The summed E-state index contributed by atoms with van der Waals surface area (Å²) in [5, 5.41) is 5.78. The number of rotatable bonds is 3. The van der Waals surface area contributed by atoms with Gasteiger partial charge in [0.15, 0.2) is 0 Å². The fourth-order valence-corrected chi connectivity index (χ4v) is 3.19. The minimum atomic E-state index is -0.136. The number of anilines is 1. The lowest BCUT2D eigenvalue weighted by molar-refractivity contribution is -0.119. The molecule has 118 valence electrons. The van der Waals surface area contributed by atoms with Gasteiger partial charge in [-0.1, -0.05) is 12.1 Å². The summed E-state index contributed by atoms with van der Waals surface area (Å²) in [6.07, 6.45) is 1.39. The van der Waals surface area contributed by atoms with Gasteiger partial charge in [0, 0.05) is 31.5 Å². The van der Waals surface area contributed by atoms with Crippen LogP contribution in [0.1, 0.15) is 19.8 Å². The first-order valence-corrected chi connectivity index (χ1v) is 7.66. The number of carbonyl (C=O) groups is 2. The molecule has 2 aliphatic heterocycles. The average molecular weight is 303 g/mol. The van der Waals surface area contributed by atoms with E-state index in [4.69, 9.17) is 4.74 Å². The largest absolute Gasteiger partial charge is 0.492 e. The van der Waals surface area contributed by atoms with Crippen molar-refractivity contribution >= 4 is 17.6 Å². The number of carbonyl (C=O) groups excluding carboxylic acids is 2. The maximum atomic E-state index is 12.4. The molecule has 0 bridgehead atoms. The summed E-state index contributed by atoms with van der Waals surface area (Å²) in [5.41, 5.74) is 0.601. The van der Waals surface area contributed by atoms with Crippen molar-refractivity contribution in [1.29, 1.82) is 0 Å². The molecule has 2 fully saturated rings. The van der Waals surface area contributed by atoms with Crippen molar-refractivity contribution in [2.24, 2.45) is 5.41 Å². The first-order chi connectivity index (χ1) is 10.6. The van der Waals surface area contributed by atoms with Crippen LogP contribution < -0.4 is 15.4 Å². The maximum Gasteiger partial charge on any atom is 0.321 e. The molecular formula is C16H21N3O3.